The first-order chi connectivity index (χ1) is 16.3. The Bertz CT molecular complexity index is 919. The van der Waals surface area contributed by atoms with Crippen LogP contribution in [0.5, 0.6) is 0 Å². The molecule has 1 heterocycles. The minimum absolute atomic E-state index is 0.161. The molecule has 0 aliphatic carbocycles. The summed E-state index contributed by atoms with van der Waals surface area (Å²) in [6.45, 7) is 3.36. The number of carboxylic acids is 2. The molecule has 4 amide bonds. The number of carboxylic acid groups (broad SMARTS) is 2. The zero-order valence-electron chi connectivity index (χ0n) is 19.3. The number of imidazole rings is 1. The van der Waals surface area contributed by atoms with E-state index in [1.54, 1.807) is 13.8 Å². The summed E-state index contributed by atoms with van der Waals surface area (Å²) in [6, 6.07) is -5.34. The Morgan fingerprint density at radius 3 is 2.03 bits per heavy atom. The number of aliphatic carboxylic acids is 2. The third kappa shape index (κ3) is 10.2. The van der Waals surface area contributed by atoms with Crippen LogP contribution < -0.4 is 27.4 Å². The Hall–Kier alpha value is -4.01. The number of primary amides is 1. The summed E-state index contributed by atoms with van der Waals surface area (Å²) < 4.78 is 0. The van der Waals surface area contributed by atoms with Gasteiger partial charge in [-0.3, -0.25) is 24.0 Å². The van der Waals surface area contributed by atoms with E-state index in [0.717, 1.165) is 0 Å². The maximum Gasteiger partial charge on any atom is 0.326 e. The summed E-state index contributed by atoms with van der Waals surface area (Å²) in [5.74, 6) is -6.48. The van der Waals surface area contributed by atoms with Gasteiger partial charge in [0.1, 0.15) is 18.1 Å². The Labute approximate surface area is 200 Å². The average Bonchev–Trinajstić information content (AvgIpc) is 3.27. The van der Waals surface area contributed by atoms with Gasteiger partial charge in [-0.15, -0.1) is 0 Å². The van der Waals surface area contributed by atoms with Crippen LogP contribution in [0.4, 0.5) is 0 Å². The third-order valence-corrected chi connectivity index (χ3v) is 4.93. The van der Waals surface area contributed by atoms with E-state index in [1.165, 1.54) is 12.5 Å². The number of nitrogens with one attached hydrogen (secondary N) is 4. The highest BCUT2D eigenvalue weighted by molar-refractivity contribution is 5.96. The number of nitrogens with two attached hydrogens (primary N) is 2. The SMILES string of the molecule is CC(C)C(N)C(=O)NC(CC(N)=O)C(=O)NC(Cc1cnc[nH]1)C(=O)NC(CCC(=O)O)C(=O)O. The Kier molecular flexibility index (Phi) is 11.3. The number of amides is 4. The van der Waals surface area contributed by atoms with Crippen molar-refractivity contribution in [1.82, 2.24) is 25.9 Å². The number of aromatic nitrogens is 2. The second-order valence-corrected chi connectivity index (χ2v) is 8.18. The maximum absolute atomic E-state index is 12.9. The van der Waals surface area contributed by atoms with Gasteiger partial charge in [0.05, 0.1) is 18.8 Å². The normalized spacial score (nSPS) is 14.3. The van der Waals surface area contributed by atoms with Crippen molar-refractivity contribution in [1.29, 1.82) is 0 Å². The lowest BCUT2D eigenvalue weighted by atomic mass is 10.0. The van der Waals surface area contributed by atoms with E-state index in [0.29, 0.717) is 5.69 Å². The number of hydrogen-bond acceptors (Lipinski definition) is 8. The zero-order valence-corrected chi connectivity index (χ0v) is 19.3. The second-order valence-electron chi connectivity index (χ2n) is 8.18. The number of carbonyl (C=O) groups excluding carboxylic acids is 4. The van der Waals surface area contributed by atoms with Crippen molar-refractivity contribution in [3.05, 3.63) is 18.2 Å². The van der Waals surface area contributed by atoms with Gasteiger partial charge in [-0.05, 0) is 12.3 Å². The molecule has 0 aromatic carbocycles. The quantitative estimate of drug-likeness (QED) is 0.123. The fourth-order valence-electron chi connectivity index (χ4n) is 2.88. The summed E-state index contributed by atoms with van der Waals surface area (Å²) in [4.78, 5) is 78.4. The highest BCUT2D eigenvalue weighted by Crippen LogP contribution is 2.05. The molecule has 0 radical (unpaired) electrons. The number of aromatic amines is 1. The molecule has 0 aliphatic heterocycles. The molecular weight excluding hydrogens is 466 g/mol. The molecule has 4 atom stereocenters. The van der Waals surface area contributed by atoms with Gasteiger partial charge in [-0.1, -0.05) is 13.8 Å². The molecule has 0 fully saturated rings. The number of hydrogen-bond donors (Lipinski definition) is 8. The lowest BCUT2D eigenvalue weighted by molar-refractivity contribution is -0.143. The molecule has 10 N–H and O–H groups in total. The Morgan fingerprint density at radius 2 is 1.54 bits per heavy atom. The molecule has 0 saturated carbocycles. The lowest BCUT2D eigenvalue weighted by Crippen LogP contribution is -2.58. The van der Waals surface area contributed by atoms with Gasteiger partial charge in [0, 0.05) is 24.7 Å². The van der Waals surface area contributed by atoms with Crippen LogP contribution in [0.2, 0.25) is 0 Å². The van der Waals surface area contributed by atoms with Crippen molar-refractivity contribution in [2.45, 2.75) is 63.7 Å². The molecule has 1 aromatic heterocycles. The van der Waals surface area contributed by atoms with E-state index in [2.05, 4.69) is 25.9 Å². The van der Waals surface area contributed by atoms with Gasteiger partial charge < -0.3 is 42.6 Å². The minimum atomic E-state index is -1.54. The van der Waals surface area contributed by atoms with Crippen molar-refractivity contribution < 1.29 is 39.0 Å². The van der Waals surface area contributed by atoms with Crippen molar-refractivity contribution >= 4 is 35.6 Å². The van der Waals surface area contributed by atoms with Gasteiger partial charge in [-0.25, -0.2) is 9.78 Å². The first-order valence-electron chi connectivity index (χ1n) is 10.7. The molecule has 1 aromatic rings. The molecule has 0 aliphatic rings. The Balaban J connectivity index is 3.08. The first kappa shape index (κ1) is 29.0. The number of H-pyrrole nitrogens is 1. The smallest absolute Gasteiger partial charge is 0.326 e. The van der Waals surface area contributed by atoms with Gasteiger partial charge in [0.15, 0.2) is 0 Å². The topological polar surface area (TPSA) is 260 Å². The molecule has 4 unspecified atom stereocenters. The first-order valence-corrected chi connectivity index (χ1v) is 10.7. The van der Waals surface area contributed by atoms with E-state index < -0.39 is 79.0 Å². The summed E-state index contributed by atoms with van der Waals surface area (Å²) in [5.41, 5.74) is 11.4. The zero-order chi connectivity index (χ0) is 26.7. The lowest BCUT2D eigenvalue weighted by Gasteiger charge is -2.25. The van der Waals surface area contributed by atoms with Crippen molar-refractivity contribution in [2.24, 2.45) is 17.4 Å². The number of nitrogens with zero attached hydrogens (tertiary/aromatic N) is 1. The Morgan fingerprint density at radius 1 is 0.971 bits per heavy atom. The largest absolute Gasteiger partial charge is 0.481 e. The summed E-state index contributed by atoms with van der Waals surface area (Å²) in [7, 11) is 0. The van der Waals surface area contributed by atoms with E-state index in [4.69, 9.17) is 16.6 Å². The highest BCUT2D eigenvalue weighted by atomic mass is 16.4. The van der Waals surface area contributed by atoms with Gasteiger partial charge in [0.25, 0.3) is 0 Å². The van der Waals surface area contributed by atoms with Crippen LogP contribution in [0, 0.1) is 5.92 Å². The van der Waals surface area contributed by atoms with Crippen molar-refractivity contribution in [3.63, 3.8) is 0 Å². The fourth-order valence-corrected chi connectivity index (χ4v) is 2.88. The van der Waals surface area contributed by atoms with Crippen LogP contribution in [-0.4, -0.2) is 79.9 Å². The van der Waals surface area contributed by atoms with Crippen LogP contribution in [-0.2, 0) is 35.2 Å². The van der Waals surface area contributed by atoms with Crippen LogP contribution >= 0.6 is 0 Å². The van der Waals surface area contributed by atoms with E-state index in [-0.39, 0.29) is 12.3 Å². The molecule has 15 heteroatoms. The van der Waals surface area contributed by atoms with E-state index in [9.17, 15) is 33.9 Å². The molecule has 194 valence electrons. The predicted octanol–water partition coefficient (Wildman–Crippen LogP) is -2.79. The molecule has 1 rings (SSSR count). The second kappa shape index (κ2) is 13.6. The summed E-state index contributed by atoms with van der Waals surface area (Å²) >= 11 is 0. The van der Waals surface area contributed by atoms with Gasteiger partial charge >= 0.3 is 11.9 Å². The van der Waals surface area contributed by atoms with Gasteiger partial charge in [-0.2, -0.15) is 0 Å². The highest BCUT2D eigenvalue weighted by Gasteiger charge is 2.32. The van der Waals surface area contributed by atoms with Crippen LogP contribution in [0.15, 0.2) is 12.5 Å². The molecule has 0 spiro atoms. The molecule has 0 saturated heterocycles. The molecule has 35 heavy (non-hydrogen) atoms. The standard InChI is InChI=1S/C20H31N7O8/c1-9(2)16(22)19(33)27-13(6-14(21)28)18(32)26-12(5-10-7-23-8-24-10)17(31)25-11(20(34)35)3-4-15(29)30/h7-9,11-13,16H,3-6,22H2,1-2H3,(H2,21,28)(H,23,24)(H,25,31)(H,26,32)(H,27,33)(H,29,30)(H,34,35). The van der Waals surface area contributed by atoms with E-state index >= 15 is 0 Å². The fraction of sp³-hybridized carbons (Fsp3) is 0.550. The van der Waals surface area contributed by atoms with Crippen molar-refractivity contribution in [2.75, 3.05) is 0 Å². The predicted molar refractivity (Wildman–Crippen MR) is 119 cm³/mol. The average molecular weight is 498 g/mol. The number of rotatable bonds is 15. The molecule has 0 bridgehead atoms. The van der Waals surface area contributed by atoms with Crippen LogP contribution in [0.1, 0.15) is 38.8 Å². The van der Waals surface area contributed by atoms with Crippen molar-refractivity contribution in [3.8, 4) is 0 Å². The van der Waals surface area contributed by atoms with Gasteiger partial charge in [0.2, 0.25) is 23.6 Å². The summed E-state index contributed by atoms with van der Waals surface area (Å²) in [5, 5.41) is 25.0. The monoisotopic (exact) mass is 497 g/mol. The van der Waals surface area contributed by atoms with Crippen LogP contribution in [0.25, 0.3) is 0 Å². The molecular formula is C20H31N7O8. The summed E-state index contributed by atoms with van der Waals surface area (Å²) in [6.07, 6.45) is 1.03. The van der Waals surface area contributed by atoms with E-state index in [1.807, 2.05) is 0 Å². The maximum atomic E-state index is 12.9. The minimum Gasteiger partial charge on any atom is -0.481 e. The molecule has 15 nitrogen and oxygen atoms in total. The third-order valence-electron chi connectivity index (χ3n) is 4.93. The number of carbonyl (C=O) groups is 6. The van der Waals surface area contributed by atoms with Crippen LogP contribution in [0.3, 0.4) is 0 Å².